The molecule has 1 aliphatic heterocycles. The van der Waals surface area contributed by atoms with Crippen molar-refractivity contribution in [2.24, 2.45) is 16.1 Å². The molecule has 0 spiro atoms. The molecule has 0 saturated carbocycles. The van der Waals surface area contributed by atoms with Crippen LogP contribution in [0.2, 0.25) is 0 Å². The summed E-state index contributed by atoms with van der Waals surface area (Å²) in [7, 11) is 0. The van der Waals surface area contributed by atoms with Gasteiger partial charge in [0.05, 0.1) is 16.9 Å². The van der Waals surface area contributed by atoms with E-state index in [1.807, 2.05) is 18.3 Å². The molecule has 1 heterocycles. The minimum Gasteiger partial charge on any atom is -0.398 e. The Morgan fingerprint density at radius 2 is 1.82 bits per heavy atom. The highest BCUT2D eigenvalue weighted by atomic mass is 15.2. The molecule has 22 heavy (non-hydrogen) atoms. The SMILES string of the molecule is CC(C)(C)N=Cc1c(N)ccc(N)c1N1CC(N)C(C)(C)C1. The Morgan fingerprint density at radius 1 is 1.23 bits per heavy atom. The Morgan fingerprint density at radius 3 is 2.32 bits per heavy atom. The van der Waals surface area contributed by atoms with E-state index in [-0.39, 0.29) is 17.0 Å². The minimum atomic E-state index is -0.158. The lowest BCUT2D eigenvalue weighted by Crippen LogP contribution is -2.35. The van der Waals surface area contributed by atoms with Crippen LogP contribution in [0, 0.1) is 5.41 Å². The van der Waals surface area contributed by atoms with Gasteiger partial charge in [-0.25, -0.2) is 0 Å². The maximum atomic E-state index is 6.27. The van der Waals surface area contributed by atoms with E-state index < -0.39 is 0 Å². The third kappa shape index (κ3) is 3.35. The van der Waals surface area contributed by atoms with Crippen LogP contribution in [-0.4, -0.2) is 30.9 Å². The summed E-state index contributed by atoms with van der Waals surface area (Å²) in [5.41, 5.74) is 21.8. The molecule has 1 atom stereocenters. The van der Waals surface area contributed by atoms with E-state index in [0.717, 1.165) is 30.0 Å². The predicted octanol–water partition coefficient (Wildman–Crippen LogP) is 2.24. The van der Waals surface area contributed by atoms with Crippen LogP contribution in [0.5, 0.6) is 0 Å². The number of anilines is 3. The maximum absolute atomic E-state index is 6.27. The first-order valence-electron chi connectivity index (χ1n) is 7.75. The minimum absolute atomic E-state index is 0.0511. The van der Waals surface area contributed by atoms with Crippen molar-refractivity contribution in [1.29, 1.82) is 0 Å². The van der Waals surface area contributed by atoms with E-state index in [1.165, 1.54) is 0 Å². The van der Waals surface area contributed by atoms with Crippen molar-refractivity contribution in [3.8, 4) is 0 Å². The van der Waals surface area contributed by atoms with E-state index in [1.54, 1.807) is 0 Å². The highest BCUT2D eigenvalue weighted by molar-refractivity contribution is 5.99. The van der Waals surface area contributed by atoms with Gasteiger partial charge in [0.1, 0.15) is 0 Å². The van der Waals surface area contributed by atoms with Crippen molar-refractivity contribution in [2.45, 2.75) is 46.2 Å². The van der Waals surface area contributed by atoms with Crippen LogP contribution in [0.1, 0.15) is 40.2 Å². The zero-order chi connectivity index (χ0) is 16.7. The lowest BCUT2D eigenvalue weighted by Gasteiger charge is -2.25. The number of nitrogens with two attached hydrogens (primary N) is 3. The van der Waals surface area contributed by atoms with Crippen LogP contribution < -0.4 is 22.1 Å². The van der Waals surface area contributed by atoms with Gasteiger partial charge in [-0.15, -0.1) is 0 Å². The molecule has 1 fully saturated rings. The first-order valence-corrected chi connectivity index (χ1v) is 7.75. The van der Waals surface area contributed by atoms with Crippen LogP contribution in [0.3, 0.4) is 0 Å². The zero-order valence-electron chi connectivity index (χ0n) is 14.4. The summed E-state index contributed by atoms with van der Waals surface area (Å²) >= 11 is 0. The van der Waals surface area contributed by atoms with Gasteiger partial charge < -0.3 is 22.1 Å². The fourth-order valence-corrected chi connectivity index (χ4v) is 2.72. The van der Waals surface area contributed by atoms with Crippen LogP contribution in [0.15, 0.2) is 17.1 Å². The number of hydrogen-bond acceptors (Lipinski definition) is 5. The first kappa shape index (κ1) is 16.6. The molecule has 1 unspecified atom stereocenters. The maximum Gasteiger partial charge on any atom is 0.0710 e. The second kappa shape index (κ2) is 5.47. The number of rotatable bonds is 2. The molecule has 1 aromatic carbocycles. The van der Waals surface area contributed by atoms with E-state index >= 15 is 0 Å². The van der Waals surface area contributed by atoms with Crippen LogP contribution in [-0.2, 0) is 0 Å². The molecule has 0 amide bonds. The molecule has 1 saturated heterocycles. The largest absolute Gasteiger partial charge is 0.398 e. The fraction of sp³-hybridized carbons (Fsp3) is 0.588. The number of aliphatic imine (C=N–C) groups is 1. The molecule has 5 heteroatoms. The summed E-state index contributed by atoms with van der Waals surface area (Å²) in [6.45, 7) is 12.2. The van der Waals surface area contributed by atoms with Gasteiger partial charge in [0.15, 0.2) is 0 Å². The van der Waals surface area contributed by atoms with Gasteiger partial charge in [0.2, 0.25) is 0 Å². The zero-order valence-corrected chi connectivity index (χ0v) is 14.4. The average Bonchev–Trinajstić information content (AvgIpc) is 2.63. The van der Waals surface area contributed by atoms with E-state index in [4.69, 9.17) is 17.2 Å². The van der Waals surface area contributed by atoms with Gasteiger partial charge in [-0.3, -0.25) is 4.99 Å². The summed E-state index contributed by atoms with van der Waals surface area (Å²) in [5, 5.41) is 0. The van der Waals surface area contributed by atoms with Crippen LogP contribution >= 0.6 is 0 Å². The summed E-state index contributed by atoms with van der Waals surface area (Å²) in [4.78, 5) is 6.83. The average molecular weight is 303 g/mol. The van der Waals surface area contributed by atoms with Crippen LogP contribution in [0.4, 0.5) is 17.1 Å². The topological polar surface area (TPSA) is 93.7 Å². The highest BCUT2D eigenvalue weighted by Crippen LogP contribution is 2.38. The van der Waals surface area contributed by atoms with Gasteiger partial charge in [0, 0.05) is 36.6 Å². The lowest BCUT2D eigenvalue weighted by molar-refractivity contribution is 0.365. The lowest BCUT2D eigenvalue weighted by atomic mass is 9.89. The van der Waals surface area contributed by atoms with E-state index in [9.17, 15) is 0 Å². The molecule has 2 rings (SSSR count). The van der Waals surface area contributed by atoms with Gasteiger partial charge in [-0.05, 0) is 38.3 Å². The number of hydrogen-bond donors (Lipinski definition) is 3. The van der Waals surface area contributed by atoms with Crippen molar-refractivity contribution < 1.29 is 0 Å². The second-order valence-corrected chi connectivity index (χ2v) is 7.91. The summed E-state index contributed by atoms with van der Waals surface area (Å²) < 4.78 is 0. The van der Waals surface area contributed by atoms with E-state index in [0.29, 0.717) is 5.69 Å². The van der Waals surface area contributed by atoms with Gasteiger partial charge in [0.25, 0.3) is 0 Å². The third-order valence-corrected chi connectivity index (χ3v) is 4.20. The highest BCUT2D eigenvalue weighted by Gasteiger charge is 2.38. The first-order chi connectivity index (χ1) is 10.0. The van der Waals surface area contributed by atoms with Crippen molar-refractivity contribution in [3.05, 3.63) is 17.7 Å². The predicted molar refractivity (Wildman–Crippen MR) is 96.6 cm³/mol. The summed E-state index contributed by atoms with van der Waals surface area (Å²) in [6, 6.07) is 3.81. The molecular formula is C17H29N5. The number of nitrogens with zero attached hydrogens (tertiary/aromatic N) is 2. The number of benzene rings is 1. The fourth-order valence-electron chi connectivity index (χ4n) is 2.72. The second-order valence-electron chi connectivity index (χ2n) is 7.91. The molecule has 1 aliphatic rings. The standard InChI is InChI=1S/C17H29N5/c1-16(2,3)21-8-11-12(18)6-7-13(19)15(11)22-9-14(20)17(4,5)10-22/h6-8,14H,9-10,18-20H2,1-5H3. The molecular weight excluding hydrogens is 274 g/mol. The quantitative estimate of drug-likeness (QED) is 0.577. The monoisotopic (exact) mass is 303 g/mol. The smallest absolute Gasteiger partial charge is 0.0710 e. The Labute approximate surface area is 133 Å². The molecule has 0 bridgehead atoms. The number of nitrogen functional groups attached to an aromatic ring is 2. The van der Waals surface area contributed by atoms with Crippen molar-refractivity contribution in [1.82, 2.24) is 0 Å². The van der Waals surface area contributed by atoms with Gasteiger partial charge in [-0.2, -0.15) is 0 Å². The molecule has 5 nitrogen and oxygen atoms in total. The van der Waals surface area contributed by atoms with Crippen LogP contribution in [0.25, 0.3) is 0 Å². The van der Waals surface area contributed by atoms with Crippen molar-refractivity contribution >= 4 is 23.3 Å². The van der Waals surface area contributed by atoms with Gasteiger partial charge in [-0.1, -0.05) is 13.8 Å². The normalized spacial score (nSPS) is 21.7. The summed E-state index contributed by atoms with van der Waals surface area (Å²) in [6.07, 6.45) is 1.85. The Bertz CT molecular complexity index is 583. The van der Waals surface area contributed by atoms with E-state index in [2.05, 4.69) is 44.5 Å². The molecule has 122 valence electrons. The molecule has 0 aromatic heterocycles. The van der Waals surface area contributed by atoms with Crippen molar-refractivity contribution in [3.63, 3.8) is 0 Å². The van der Waals surface area contributed by atoms with Crippen molar-refractivity contribution in [2.75, 3.05) is 29.5 Å². The van der Waals surface area contributed by atoms with Gasteiger partial charge >= 0.3 is 0 Å². The Kier molecular flexibility index (Phi) is 4.13. The molecule has 0 aliphatic carbocycles. The summed E-state index contributed by atoms with van der Waals surface area (Å²) in [5.74, 6) is 0. The Balaban J connectivity index is 2.47. The molecule has 6 N–H and O–H groups in total. The molecule has 0 radical (unpaired) electrons. The molecule has 1 aromatic rings. The third-order valence-electron chi connectivity index (χ3n) is 4.20. The Hall–Kier alpha value is -1.75.